The van der Waals surface area contributed by atoms with Gasteiger partial charge in [-0.05, 0) is 31.4 Å². The molecule has 1 saturated carbocycles. The number of rotatable bonds is 5. The van der Waals surface area contributed by atoms with Crippen LogP contribution in [0.4, 0.5) is 5.95 Å². The van der Waals surface area contributed by atoms with Gasteiger partial charge in [-0.25, -0.2) is 9.55 Å². The van der Waals surface area contributed by atoms with E-state index < -0.39 is 0 Å². The molecule has 1 aliphatic carbocycles. The van der Waals surface area contributed by atoms with Gasteiger partial charge in [0.2, 0.25) is 12.4 Å². The summed E-state index contributed by atoms with van der Waals surface area (Å²) in [7, 11) is 1.60. The van der Waals surface area contributed by atoms with Crippen LogP contribution >= 0.6 is 0 Å². The number of hydrogen-bond donors (Lipinski definition) is 1. The molecule has 4 rings (SSSR count). The summed E-state index contributed by atoms with van der Waals surface area (Å²) in [5.41, 5.74) is 1.95. The predicted octanol–water partition coefficient (Wildman–Crippen LogP) is 2.11. The van der Waals surface area contributed by atoms with Gasteiger partial charge in [0.05, 0.1) is 25.0 Å². The van der Waals surface area contributed by atoms with Crippen molar-refractivity contribution in [3.63, 3.8) is 0 Å². The Kier molecular flexibility index (Phi) is 4.83. The normalized spacial score (nSPS) is 16.9. The van der Waals surface area contributed by atoms with Crippen LogP contribution in [0.15, 0.2) is 29.1 Å². The molecule has 1 amide bonds. The lowest BCUT2D eigenvalue weighted by molar-refractivity contribution is -0.119. The maximum atomic E-state index is 13.4. The molecule has 0 atom stereocenters. The molecular formula is C20H24N4O3. The molecule has 0 unspecified atom stereocenters. The Morgan fingerprint density at radius 1 is 1.26 bits per heavy atom. The first-order chi connectivity index (χ1) is 13.2. The van der Waals surface area contributed by atoms with Crippen molar-refractivity contribution in [2.45, 2.75) is 44.7 Å². The fraction of sp³-hybridized carbons (Fsp3) is 0.450. The Labute approximate surface area is 158 Å². The molecule has 0 bridgehead atoms. The van der Waals surface area contributed by atoms with Crippen LogP contribution < -0.4 is 15.6 Å². The van der Waals surface area contributed by atoms with E-state index in [1.165, 1.54) is 12.8 Å². The second kappa shape index (κ2) is 7.42. The number of nitrogens with one attached hydrogen (secondary N) is 1. The minimum Gasteiger partial charge on any atom is -0.495 e. The Balaban J connectivity index is 1.87. The summed E-state index contributed by atoms with van der Waals surface area (Å²) < 4.78 is 7.12. The highest BCUT2D eigenvalue weighted by Gasteiger charge is 2.26. The van der Waals surface area contributed by atoms with Gasteiger partial charge in [-0.2, -0.15) is 0 Å². The molecule has 27 heavy (non-hydrogen) atoms. The van der Waals surface area contributed by atoms with Gasteiger partial charge in [0.25, 0.3) is 5.56 Å². The number of benzene rings is 1. The number of amides is 1. The minimum absolute atomic E-state index is 0.0875. The van der Waals surface area contributed by atoms with Gasteiger partial charge in [-0.3, -0.25) is 9.59 Å². The number of ether oxygens (including phenoxy) is 1. The van der Waals surface area contributed by atoms with Crippen LogP contribution in [0.3, 0.4) is 0 Å². The molecule has 2 aromatic rings. The van der Waals surface area contributed by atoms with Gasteiger partial charge in [0.15, 0.2) is 0 Å². The zero-order valence-corrected chi connectivity index (χ0v) is 15.5. The number of carbonyl (C=O) groups excluding carboxylic acids is 1. The van der Waals surface area contributed by atoms with Crippen molar-refractivity contribution in [1.29, 1.82) is 0 Å². The van der Waals surface area contributed by atoms with Crippen LogP contribution in [-0.4, -0.2) is 40.6 Å². The summed E-state index contributed by atoms with van der Waals surface area (Å²) in [5, 5.41) is 3.47. The maximum Gasteiger partial charge on any atom is 0.263 e. The standard InChI is InChI=1S/C20H24N4O3/c1-27-18-9-5-4-8-17(18)24-19(26)15-10-11-23(13-25)12-16(15)22-20(24)21-14-6-2-3-7-14/h4-5,8-9,13-14H,2-3,6-7,10-12H2,1H3,(H,21,22). The first-order valence-electron chi connectivity index (χ1n) is 9.45. The molecule has 1 aromatic heterocycles. The fourth-order valence-electron chi connectivity index (χ4n) is 3.99. The Morgan fingerprint density at radius 3 is 2.78 bits per heavy atom. The molecule has 1 aromatic carbocycles. The topological polar surface area (TPSA) is 76.5 Å². The van der Waals surface area contributed by atoms with Gasteiger partial charge in [0, 0.05) is 18.2 Å². The first kappa shape index (κ1) is 17.6. The van der Waals surface area contributed by atoms with E-state index >= 15 is 0 Å². The Morgan fingerprint density at radius 2 is 2.04 bits per heavy atom. The summed E-state index contributed by atoms with van der Waals surface area (Å²) >= 11 is 0. The van der Waals surface area contributed by atoms with Gasteiger partial charge < -0.3 is 15.0 Å². The third kappa shape index (κ3) is 3.29. The average molecular weight is 368 g/mol. The van der Waals surface area contributed by atoms with Gasteiger partial charge in [0.1, 0.15) is 5.75 Å². The SMILES string of the molecule is COc1ccccc1-n1c(NC2CCCC2)nc2c(c1=O)CCN(C=O)C2. The first-order valence-corrected chi connectivity index (χ1v) is 9.45. The van der Waals surface area contributed by atoms with Crippen molar-refractivity contribution < 1.29 is 9.53 Å². The molecule has 0 saturated heterocycles. The summed E-state index contributed by atoms with van der Waals surface area (Å²) in [6, 6.07) is 7.79. The van der Waals surface area contributed by atoms with Crippen LogP contribution in [0.5, 0.6) is 5.75 Å². The highest BCUT2D eigenvalue weighted by molar-refractivity contribution is 5.53. The van der Waals surface area contributed by atoms with Gasteiger partial charge in [-0.1, -0.05) is 25.0 Å². The van der Waals surface area contributed by atoms with Crippen LogP contribution in [-0.2, 0) is 17.8 Å². The van der Waals surface area contributed by atoms with E-state index in [4.69, 9.17) is 9.72 Å². The number of carbonyl (C=O) groups is 1. The molecule has 2 aliphatic rings. The minimum atomic E-state index is -0.0875. The molecule has 1 fully saturated rings. The second-order valence-electron chi connectivity index (χ2n) is 7.12. The van der Waals surface area contributed by atoms with Crippen LogP contribution in [0.1, 0.15) is 36.9 Å². The zero-order chi connectivity index (χ0) is 18.8. The summed E-state index contributed by atoms with van der Waals surface area (Å²) in [4.78, 5) is 31.0. The monoisotopic (exact) mass is 368 g/mol. The van der Waals surface area contributed by atoms with Crippen LogP contribution in [0.2, 0.25) is 0 Å². The van der Waals surface area contributed by atoms with E-state index in [1.807, 2.05) is 24.3 Å². The van der Waals surface area contributed by atoms with Crippen molar-refractivity contribution in [2.75, 3.05) is 19.0 Å². The number of nitrogens with zero attached hydrogens (tertiary/aromatic N) is 3. The third-order valence-corrected chi connectivity index (χ3v) is 5.43. The number of hydrogen-bond acceptors (Lipinski definition) is 5. The largest absolute Gasteiger partial charge is 0.495 e. The molecule has 0 radical (unpaired) electrons. The molecule has 1 N–H and O–H groups in total. The average Bonchev–Trinajstić information content (AvgIpc) is 3.21. The Bertz CT molecular complexity index is 903. The van der Waals surface area contributed by atoms with Crippen LogP contribution in [0, 0.1) is 0 Å². The zero-order valence-electron chi connectivity index (χ0n) is 15.5. The van der Waals surface area contributed by atoms with E-state index in [9.17, 15) is 9.59 Å². The molecule has 2 heterocycles. The molecule has 7 heteroatoms. The smallest absolute Gasteiger partial charge is 0.263 e. The van der Waals surface area contributed by atoms with E-state index in [0.717, 1.165) is 19.3 Å². The highest BCUT2D eigenvalue weighted by atomic mass is 16.5. The van der Waals surface area contributed by atoms with Crippen molar-refractivity contribution >= 4 is 12.4 Å². The maximum absolute atomic E-state index is 13.4. The lowest BCUT2D eigenvalue weighted by atomic mass is 10.1. The number of para-hydroxylation sites is 2. The Hall–Kier alpha value is -2.83. The summed E-state index contributed by atoms with van der Waals surface area (Å²) in [5.74, 6) is 1.16. The second-order valence-corrected chi connectivity index (χ2v) is 7.12. The predicted molar refractivity (Wildman–Crippen MR) is 102 cm³/mol. The quantitative estimate of drug-likeness (QED) is 0.818. The van der Waals surface area contributed by atoms with E-state index in [1.54, 1.807) is 16.6 Å². The number of fused-ring (bicyclic) bond motifs is 1. The van der Waals surface area contributed by atoms with Crippen molar-refractivity contribution in [3.05, 3.63) is 45.9 Å². The summed E-state index contributed by atoms with van der Waals surface area (Å²) in [6.07, 6.45) is 5.83. The van der Waals surface area contributed by atoms with Gasteiger partial charge in [-0.15, -0.1) is 0 Å². The van der Waals surface area contributed by atoms with Crippen molar-refractivity contribution in [2.24, 2.45) is 0 Å². The fourth-order valence-corrected chi connectivity index (χ4v) is 3.99. The molecule has 7 nitrogen and oxygen atoms in total. The van der Waals surface area contributed by atoms with Crippen LogP contribution in [0.25, 0.3) is 5.69 Å². The van der Waals surface area contributed by atoms with E-state index in [0.29, 0.717) is 54.2 Å². The third-order valence-electron chi connectivity index (χ3n) is 5.43. The number of methoxy groups -OCH3 is 1. The number of aromatic nitrogens is 2. The van der Waals surface area contributed by atoms with E-state index in [2.05, 4.69) is 5.32 Å². The molecular weight excluding hydrogens is 344 g/mol. The van der Waals surface area contributed by atoms with E-state index in [-0.39, 0.29) is 5.56 Å². The number of anilines is 1. The molecule has 1 aliphatic heterocycles. The lowest BCUT2D eigenvalue weighted by Gasteiger charge is -2.27. The highest BCUT2D eigenvalue weighted by Crippen LogP contribution is 2.27. The van der Waals surface area contributed by atoms with Crippen molar-refractivity contribution in [1.82, 2.24) is 14.5 Å². The van der Waals surface area contributed by atoms with Crippen molar-refractivity contribution in [3.8, 4) is 11.4 Å². The lowest BCUT2D eigenvalue weighted by Crippen LogP contribution is -2.38. The molecule has 142 valence electrons. The summed E-state index contributed by atoms with van der Waals surface area (Å²) in [6.45, 7) is 0.912. The van der Waals surface area contributed by atoms with Gasteiger partial charge >= 0.3 is 0 Å². The molecule has 0 spiro atoms.